The van der Waals surface area contributed by atoms with Crippen LogP contribution in [0, 0.1) is 0 Å². The van der Waals surface area contributed by atoms with Crippen LogP contribution in [0.4, 0.5) is 5.69 Å². The van der Waals surface area contributed by atoms with Gasteiger partial charge in [-0.1, -0.05) is 55.5 Å². The van der Waals surface area contributed by atoms with E-state index in [0.717, 1.165) is 15.4 Å². The number of amides is 2. The standard InChI is InChI=1S/C30H37N3O5S/c1-6-25-12-10-11-15-28(25)33(39(36,37)27-13-8-7-9-14-27)21-29(34)32(23(4)30(35)31-22(2)3)20-24-16-18-26(38-5)19-17-24/h7-19,22-23H,6,20-21H2,1-5H3,(H,31,35)/t23-/m0/s1. The first-order valence-electron chi connectivity index (χ1n) is 13.0. The molecule has 0 aromatic heterocycles. The minimum absolute atomic E-state index is 0.0796. The van der Waals surface area contributed by atoms with Gasteiger partial charge in [0, 0.05) is 12.6 Å². The number of rotatable bonds is 12. The lowest BCUT2D eigenvalue weighted by molar-refractivity contribution is -0.139. The molecule has 0 heterocycles. The monoisotopic (exact) mass is 551 g/mol. The molecular weight excluding hydrogens is 514 g/mol. The average Bonchev–Trinajstić information content (AvgIpc) is 2.94. The van der Waals surface area contributed by atoms with Crippen LogP contribution in [0.25, 0.3) is 0 Å². The first-order chi connectivity index (χ1) is 18.6. The van der Waals surface area contributed by atoms with Gasteiger partial charge in [-0.15, -0.1) is 0 Å². The van der Waals surface area contributed by atoms with E-state index >= 15 is 0 Å². The molecule has 0 aliphatic heterocycles. The Balaban J connectivity index is 2.05. The predicted molar refractivity (Wildman–Crippen MR) is 153 cm³/mol. The molecule has 8 nitrogen and oxygen atoms in total. The average molecular weight is 552 g/mol. The van der Waals surface area contributed by atoms with Crippen molar-refractivity contribution in [2.75, 3.05) is 18.0 Å². The molecule has 0 aliphatic rings. The van der Waals surface area contributed by atoms with Crippen LogP contribution in [-0.2, 0) is 32.6 Å². The van der Waals surface area contributed by atoms with Gasteiger partial charge in [-0.2, -0.15) is 0 Å². The molecule has 0 fully saturated rings. The van der Waals surface area contributed by atoms with Crippen LogP contribution >= 0.6 is 0 Å². The zero-order valence-electron chi connectivity index (χ0n) is 23.1. The predicted octanol–water partition coefficient (Wildman–Crippen LogP) is 4.39. The molecular formula is C30H37N3O5S. The van der Waals surface area contributed by atoms with E-state index in [9.17, 15) is 18.0 Å². The van der Waals surface area contributed by atoms with Gasteiger partial charge in [-0.05, 0) is 68.7 Å². The van der Waals surface area contributed by atoms with E-state index in [1.165, 1.54) is 17.0 Å². The van der Waals surface area contributed by atoms with Gasteiger partial charge in [0.15, 0.2) is 0 Å². The number of nitrogens with zero attached hydrogens (tertiary/aromatic N) is 2. The summed E-state index contributed by atoms with van der Waals surface area (Å²) in [5.41, 5.74) is 2.00. The molecule has 3 aromatic carbocycles. The molecule has 208 valence electrons. The largest absolute Gasteiger partial charge is 0.497 e. The number of carbonyl (C=O) groups excluding carboxylic acids is 2. The highest BCUT2D eigenvalue weighted by Crippen LogP contribution is 2.28. The fourth-order valence-electron chi connectivity index (χ4n) is 4.20. The maximum absolute atomic E-state index is 14.0. The molecule has 3 rings (SSSR count). The number of ether oxygens (including phenoxy) is 1. The van der Waals surface area contributed by atoms with E-state index in [4.69, 9.17) is 4.74 Å². The van der Waals surface area contributed by atoms with Crippen molar-refractivity contribution < 1.29 is 22.7 Å². The van der Waals surface area contributed by atoms with E-state index in [-0.39, 0.29) is 23.4 Å². The lowest BCUT2D eigenvalue weighted by Crippen LogP contribution is -2.52. The normalized spacial score (nSPS) is 12.1. The maximum Gasteiger partial charge on any atom is 0.264 e. The van der Waals surface area contributed by atoms with Crippen LogP contribution in [0.2, 0.25) is 0 Å². The molecule has 3 aromatic rings. The number of para-hydroxylation sites is 1. The Bertz CT molecular complexity index is 1360. The Labute approximate surface area is 231 Å². The third kappa shape index (κ3) is 7.38. The summed E-state index contributed by atoms with van der Waals surface area (Å²) in [7, 11) is -2.52. The number of anilines is 1. The molecule has 2 amide bonds. The lowest BCUT2D eigenvalue weighted by Gasteiger charge is -2.33. The summed E-state index contributed by atoms with van der Waals surface area (Å²) in [4.78, 5) is 28.5. The summed E-state index contributed by atoms with van der Waals surface area (Å²) >= 11 is 0. The van der Waals surface area contributed by atoms with E-state index in [1.807, 2.05) is 45.0 Å². The molecule has 39 heavy (non-hydrogen) atoms. The number of nitrogens with one attached hydrogen (secondary N) is 1. The number of benzene rings is 3. The lowest BCUT2D eigenvalue weighted by atomic mass is 10.1. The maximum atomic E-state index is 14.0. The van der Waals surface area contributed by atoms with Gasteiger partial charge in [-0.25, -0.2) is 8.42 Å². The molecule has 9 heteroatoms. The SMILES string of the molecule is CCc1ccccc1N(CC(=O)N(Cc1ccc(OC)cc1)[C@@H](C)C(=O)NC(C)C)S(=O)(=O)c1ccccc1. The number of methoxy groups -OCH3 is 1. The summed E-state index contributed by atoms with van der Waals surface area (Å²) in [5.74, 6) is -0.153. The van der Waals surface area contributed by atoms with E-state index in [2.05, 4.69) is 5.32 Å². The molecule has 0 aliphatic carbocycles. The summed E-state index contributed by atoms with van der Waals surface area (Å²) in [6.45, 7) is 6.91. The number of hydrogen-bond donors (Lipinski definition) is 1. The Morgan fingerprint density at radius 3 is 2.10 bits per heavy atom. The second-order valence-electron chi connectivity index (χ2n) is 9.52. The van der Waals surface area contributed by atoms with Crippen molar-refractivity contribution >= 4 is 27.5 Å². The van der Waals surface area contributed by atoms with Gasteiger partial charge in [0.2, 0.25) is 11.8 Å². The molecule has 1 N–H and O–H groups in total. The Kier molecular flexibility index (Phi) is 10.1. The molecule has 0 spiro atoms. The Morgan fingerprint density at radius 1 is 0.897 bits per heavy atom. The van der Waals surface area contributed by atoms with Crippen LogP contribution in [0.1, 0.15) is 38.8 Å². The van der Waals surface area contributed by atoms with Crippen molar-refractivity contribution in [2.24, 2.45) is 0 Å². The summed E-state index contributed by atoms with van der Waals surface area (Å²) < 4.78 is 34.2. The van der Waals surface area contributed by atoms with Crippen molar-refractivity contribution in [3.63, 3.8) is 0 Å². The second-order valence-corrected chi connectivity index (χ2v) is 11.4. The highest BCUT2D eigenvalue weighted by molar-refractivity contribution is 7.92. The van der Waals surface area contributed by atoms with Gasteiger partial charge >= 0.3 is 0 Å². The van der Waals surface area contributed by atoms with Crippen molar-refractivity contribution in [3.05, 3.63) is 90.0 Å². The Hall–Kier alpha value is -3.85. The smallest absolute Gasteiger partial charge is 0.264 e. The van der Waals surface area contributed by atoms with Crippen LogP contribution in [-0.4, -0.2) is 50.9 Å². The molecule has 0 unspecified atom stereocenters. The third-order valence-corrected chi connectivity index (χ3v) is 8.14. The van der Waals surface area contributed by atoms with Crippen molar-refractivity contribution in [2.45, 2.75) is 57.6 Å². The molecule has 0 bridgehead atoms. The number of hydrogen-bond acceptors (Lipinski definition) is 5. The van der Waals surface area contributed by atoms with Crippen molar-refractivity contribution in [1.82, 2.24) is 10.2 Å². The highest BCUT2D eigenvalue weighted by Gasteiger charge is 2.33. The van der Waals surface area contributed by atoms with Crippen LogP contribution in [0.5, 0.6) is 5.75 Å². The van der Waals surface area contributed by atoms with Crippen molar-refractivity contribution in [3.8, 4) is 5.75 Å². The number of carbonyl (C=O) groups is 2. The zero-order chi connectivity index (χ0) is 28.6. The third-order valence-electron chi connectivity index (χ3n) is 6.36. The van der Waals surface area contributed by atoms with E-state index < -0.39 is 28.5 Å². The highest BCUT2D eigenvalue weighted by atomic mass is 32.2. The van der Waals surface area contributed by atoms with Crippen molar-refractivity contribution in [1.29, 1.82) is 0 Å². The first-order valence-corrected chi connectivity index (χ1v) is 14.4. The van der Waals surface area contributed by atoms with Gasteiger partial charge in [0.05, 0.1) is 17.7 Å². The van der Waals surface area contributed by atoms with Gasteiger partial charge < -0.3 is 15.0 Å². The fraction of sp³-hybridized carbons (Fsp3) is 0.333. The van der Waals surface area contributed by atoms with Crippen LogP contribution in [0.3, 0.4) is 0 Å². The van der Waals surface area contributed by atoms with Gasteiger partial charge in [0.25, 0.3) is 10.0 Å². The van der Waals surface area contributed by atoms with Crippen LogP contribution in [0.15, 0.2) is 83.8 Å². The van der Waals surface area contributed by atoms with Crippen LogP contribution < -0.4 is 14.4 Å². The molecule has 0 saturated heterocycles. The molecule has 0 saturated carbocycles. The topological polar surface area (TPSA) is 96.0 Å². The summed E-state index contributed by atoms with van der Waals surface area (Å²) in [6, 6.07) is 21.4. The molecule has 0 radical (unpaired) electrons. The van der Waals surface area contributed by atoms with E-state index in [0.29, 0.717) is 17.9 Å². The molecule has 1 atom stereocenters. The summed E-state index contributed by atoms with van der Waals surface area (Å²) in [5, 5.41) is 2.86. The number of sulfonamides is 1. The van der Waals surface area contributed by atoms with Gasteiger partial charge in [0.1, 0.15) is 18.3 Å². The second kappa shape index (κ2) is 13.3. The quantitative estimate of drug-likeness (QED) is 0.360. The first kappa shape index (κ1) is 29.7. The Morgan fingerprint density at radius 2 is 1.51 bits per heavy atom. The van der Waals surface area contributed by atoms with E-state index in [1.54, 1.807) is 56.5 Å². The minimum atomic E-state index is -4.09. The fourth-order valence-corrected chi connectivity index (χ4v) is 5.67. The minimum Gasteiger partial charge on any atom is -0.497 e. The summed E-state index contributed by atoms with van der Waals surface area (Å²) in [6.07, 6.45) is 0.577. The van der Waals surface area contributed by atoms with Gasteiger partial charge in [-0.3, -0.25) is 13.9 Å². The zero-order valence-corrected chi connectivity index (χ0v) is 23.9. The number of aryl methyl sites for hydroxylation is 1.